The topological polar surface area (TPSA) is 87.9 Å². The van der Waals surface area contributed by atoms with Crippen LogP contribution >= 0.6 is 0 Å². The van der Waals surface area contributed by atoms with Gasteiger partial charge in [0.2, 0.25) is 11.6 Å². The summed E-state index contributed by atoms with van der Waals surface area (Å²) in [5.41, 5.74) is 1.79. The van der Waals surface area contributed by atoms with Gasteiger partial charge in [0.05, 0.1) is 6.54 Å². The number of oxazole rings is 1. The van der Waals surface area contributed by atoms with Gasteiger partial charge in [-0.05, 0) is 12.0 Å². The highest BCUT2D eigenvalue weighted by Gasteiger charge is 2.37. The van der Waals surface area contributed by atoms with E-state index < -0.39 is 23.7 Å². The van der Waals surface area contributed by atoms with Crippen LogP contribution in [0.2, 0.25) is 0 Å². The summed E-state index contributed by atoms with van der Waals surface area (Å²) in [6.45, 7) is 0.452. The highest BCUT2D eigenvalue weighted by atomic mass is 19.4. The van der Waals surface area contributed by atoms with Crippen molar-refractivity contribution in [2.45, 2.75) is 32.0 Å². The molecule has 3 heterocycles. The van der Waals surface area contributed by atoms with Gasteiger partial charge >= 0.3 is 6.18 Å². The van der Waals surface area contributed by atoms with Crippen molar-refractivity contribution in [3.63, 3.8) is 0 Å². The lowest BCUT2D eigenvalue weighted by Crippen LogP contribution is -2.36. The second kappa shape index (κ2) is 7.10. The van der Waals surface area contributed by atoms with Crippen molar-refractivity contribution in [1.82, 2.24) is 25.1 Å². The third-order valence-electron chi connectivity index (χ3n) is 4.47. The zero-order valence-corrected chi connectivity index (χ0v) is 14.7. The maximum Gasteiger partial charge on any atom is 0.451 e. The molecule has 7 nitrogen and oxygen atoms in total. The van der Waals surface area contributed by atoms with E-state index in [9.17, 15) is 18.0 Å². The summed E-state index contributed by atoms with van der Waals surface area (Å²) in [5.74, 6) is -1.19. The standard InChI is InChI=1S/C18H16F3N5O2/c19-18(20,21)17-23-15(24-25-17)16(27)26-9-8-13-12(10-26)22-14(28-13)7-6-11-4-2-1-3-5-11/h1-5H,6-10H2,(H,23,24,25). The van der Waals surface area contributed by atoms with Crippen LogP contribution in [0.5, 0.6) is 0 Å². The first-order chi connectivity index (χ1) is 13.4. The molecule has 0 unspecified atom stereocenters. The number of halogens is 3. The van der Waals surface area contributed by atoms with Gasteiger partial charge in [0.15, 0.2) is 5.89 Å². The number of carbonyl (C=O) groups is 1. The second-order valence-electron chi connectivity index (χ2n) is 6.45. The van der Waals surface area contributed by atoms with E-state index >= 15 is 0 Å². The number of rotatable bonds is 4. The Kier molecular flexibility index (Phi) is 4.62. The minimum absolute atomic E-state index is 0.152. The molecule has 0 spiro atoms. The Morgan fingerprint density at radius 3 is 2.68 bits per heavy atom. The van der Waals surface area contributed by atoms with Gasteiger partial charge in [0.1, 0.15) is 11.5 Å². The Bertz CT molecular complexity index is 981. The highest BCUT2D eigenvalue weighted by Crippen LogP contribution is 2.26. The Hall–Kier alpha value is -3.17. The van der Waals surface area contributed by atoms with Crippen LogP contribution in [0.3, 0.4) is 0 Å². The normalized spacial score (nSPS) is 14.2. The number of benzene rings is 1. The van der Waals surface area contributed by atoms with Crippen LogP contribution in [0, 0.1) is 0 Å². The number of H-pyrrole nitrogens is 1. The molecule has 1 N–H and O–H groups in total. The number of aromatic amines is 1. The maximum absolute atomic E-state index is 12.6. The molecule has 3 aromatic rings. The Labute approximate surface area is 157 Å². The van der Waals surface area contributed by atoms with Crippen LogP contribution in [-0.2, 0) is 32.0 Å². The predicted molar refractivity (Wildman–Crippen MR) is 90.2 cm³/mol. The monoisotopic (exact) mass is 391 g/mol. The van der Waals surface area contributed by atoms with Crippen LogP contribution in [-0.4, -0.2) is 37.5 Å². The molecule has 0 aliphatic carbocycles. The molecule has 1 amide bonds. The summed E-state index contributed by atoms with van der Waals surface area (Å²) < 4.78 is 43.6. The van der Waals surface area contributed by atoms with Gasteiger partial charge in [-0.2, -0.15) is 18.2 Å². The summed E-state index contributed by atoms with van der Waals surface area (Å²) in [4.78, 5) is 21.5. The first-order valence-electron chi connectivity index (χ1n) is 8.70. The smallest absolute Gasteiger partial charge is 0.445 e. The Morgan fingerprint density at radius 2 is 1.96 bits per heavy atom. The second-order valence-corrected chi connectivity index (χ2v) is 6.45. The molecule has 1 aliphatic heterocycles. The first kappa shape index (κ1) is 18.2. The quantitative estimate of drug-likeness (QED) is 0.739. The summed E-state index contributed by atoms with van der Waals surface area (Å²) in [6.07, 6.45) is -2.84. The van der Waals surface area contributed by atoms with Crippen molar-refractivity contribution in [2.24, 2.45) is 0 Å². The van der Waals surface area contributed by atoms with Gasteiger partial charge in [0, 0.05) is 19.4 Å². The molecular formula is C18H16F3N5O2. The van der Waals surface area contributed by atoms with E-state index in [1.54, 1.807) is 5.10 Å². The largest absolute Gasteiger partial charge is 0.451 e. The van der Waals surface area contributed by atoms with Crippen LogP contribution in [0.4, 0.5) is 13.2 Å². The first-order valence-corrected chi connectivity index (χ1v) is 8.70. The van der Waals surface area contributed by atoms with E-state index in [0.29, 0.717) is 36.7 Å². The number of amides is 1. The Morgan fingerprint density at radius 1 is 1.18 bits per heavy atom. The van der Waals surface area contributed by atoms with Crippen molar-refractivity contribution < 1.29 is 22.4 Å². The van der Waals surface area contributed by atoms with Crippen molar-refractivity contribution in [3.05, 3.63) is 64.9 Å². The molecular weight excluding hydrogens is 375 g/mol. The lowest BCUT2D eigenvalue weighted by Gasteiger charge is -2.23. The minimum Gasteiger partial charge on any atom is -0.445 e. The predicted octanol–water partition coefficient (Wildman–Crippen LogP) is 2.80. The van der Waals surface area contributed by atoms with Gasteiger partial charge < -0.3 is 9.32 Å². The molecule has 28 heavy (non-hydrogen) atoms. The highest BCUT2D eigenvalue weighted by molar-refractivity contribution is 5.90. The summed E-state index contributed by atoms with van der Waals surface area (Å²) in [7, 11) is 0. The van der Waals surface area contributed by atoms with E-state index in [1.165, 1.54) is 10.5 Å². The van der Waals surface area contributed by atoms with Gasteiger partial charge in [-0.3, -0.25) is 9.89 Å². The fourth-order valence-electron chi connectivity index (χ4n) is 3.05. The molecule has 0 fully saturated rings. The number of nitrogens with zero attached hydrogens (tertiary/aromatic N) is 4. The van der Waals surface area contributed by atoms with Crippen molar-refractivity contribution in [1.29, 1.82) is 0 Å². The minimum atomic E-state index is -4.68. The fourth-order valence-corrected chi connectivity index (χ4v) is 3.05. The number of alkyl halides is 3. The average Bonchev–Trinajstić information content (AvgIpc) is 3.33. The zero-order valence-electron chi connectivity index (χ0n) is 14.7. The summed E-state index contributed by atoms with van der Waals surface area (Å²) >= 11 is 0. The van der Waals surface area contributed by atoms with Crippen LogP contribution in [0.1, 0.15) is 39.4 Å². The zero-order chi connectivity index (χ0) is 19.7. The lowest BCUT2D eigenvalue weighted by atomic mass is 10.1. The van der Waals surface area contributed by atoms with Crippen molar-refractivity contribution >= 4 is 5.91 Å². The molecule has 1 aliphatic rings. The summed E-state index contributed by atoms with van der Waals surface area (Å²) in [6, 6.07) is 9.93. The fraction of sp³-hybridized carbons (Fsp3) is 0.333. The van der Waals surface area contributed by atoms with Gasteiger partial charge in [0.25, 0.3) is 5.91 Å². The third-order valence-corrected chi connectivity index (χ3v) is 4.47. The molecule has 0 saturated heterocycles. The maximum atomic E-state index is 12.6. The average molecular weight is 391 g/mol. The van der Waals surface area contributed by atoms with Crippen molar-refractivity contribution in [2.75, 3.05) is 6.54 Å². The van der Waals surface area contributed by atoms with E-state index in [4.69, 9.17) is 4.42 Å². The molecule has 0 radical (unpaired) electrons. The van der Waals surface area contributed by atoms with E-state index in [2.05, 4.69) is 15.1 Å². The van der Waals surface area contributed by atoms with E-state index in [-0.39, 0.29) is 6.54 Å². The van der Waals surface area contributed by atoms with Crippen LogP contribution < -0.4 is 0 Å². The van der Waals surface area contributed by atoms with Gasteiger partial charge in [-0.25, -0.2) is 4.98 Å². The molecule has 2 aromatic heterocycles. The van der Waals surface area contributed by atoms with E-state index in [0.717, 1.165) is 6.42 Å². The molecule has 0 bridgehead atoms. The molecule has 0 atom stereocenters. The Balaban J connectivity index is 1.42. The van der Waals surface area contributed by atoms with Crippen LogP contribution in [0.25, 0.3) is 0 Å². The number of hydrogen-bond acceptors (Lipinski definition) is 5. The van der Waals surface area contributed by atoms with Gasteiger partial charge in [-0.15, -0.1) is 5.10 Å². The number of fused-ring (bicyclic) bond motifs is 1. The van der Waals surface area contributed by atoms with Crippen LogP contribution in [0.15, 0.2) is 34.7 Å². The number of hydrogen-bond donors (Lipinski definition) is 1. The molecule has 146 valence electrons. The number of aryl methyl sites for hydroxylation is 2. The van der Waals surface area contributed by atoms with E-state index in [1.807, 2.05) is 30.3 Å². The van der Waals surface area contributed by atoms with Gasteiger partial charge in [-0.1, -0.05) is 30.3 Å². The summed E-state index contributed by atoms with van der Waals surface area (Å²) in [5, 5.41) is 5.14. The third kappa shape index (κ3) is 3.75. The number of nitrogens with one attached hydrogen (secondary N) is 1. The lowest BCUT2D eigenvalue weighted by molar-refractivity contribution is -0.144. The van der Waals surface area contributed by atoms with Crippen molar-refractivity contribution in [3.8, 4) is 0 Å². The molecule has 1 aromatic carbocycles. The molecule has 0 saturated carbocycles. The molecule has 4 rings (SSSR count). The number of carbonyl (C=O) groups excluding carboxylic acids is 1. The SMILES string of the molecule is O=C(c1n[nH]c(C(F)(F)F)n1)N1CCc2oc(CCc3ccccc3)nc2C1. The molecule has 10 heteroatoms. The number of aromatic nitrogens is 4.